The number of carboxylic acid groups (broad SMARTS) is 1. The van der Waals surface area contributed by atoms with Gasteiger partial charge in [0.05, 0.1) is 0 Å². The van der Waals surface area contributed by atoms with Gasteiger partial charge in [-0.25, -0.2) is 4.79 Å². The molecule has 0 aromatic heterocycles. The third-order valence-corrected chi connectivity index (χ3v) is 3.74. The maximum Gasteiger partial charge on any atom is 0.337 e. The molecule has 1 rings (SSSR count). The molecule has 2 N–H and O–H groups in total. The van der Waals surface area contributed by atoms with E-state index in [1.165, 1.54) is 23.5 Å². The number of thioether (sulfide) groups is 2. The van der Waals surface area contributed by atoms with Crippen LogP contribution in [0.15, 0.2) is 28.0 Å². The van der Waals surface area contributed by atoms with Crippen molar-refractivity contribution in [1.82, 2.24) is 0 Å². The molecule has 0 heterocycles. The van der Waals surface area contributed by atoms with Gasteiger partial charge in [0, 0.05) is 15.4 Å². The predicted molar refractivity (Wildman–Crippen MR) is 62.6 cm³/mol. The van der Waals surface area contributed by atoms with Crippen molar-refractivity contribution in [3.05, 3.63) is 23.8 Å². The number of aliphatic hydroxyl groups is 1. The number of benzene rings is 1. The van der Waals surface area contributed by atoms with E-state index in [0.717, 1.165) is 9.79 Å². The highest BCUT2D eigenvalue weighted by Gasteiger charge is 2.20. The monoisotopic (exact) mass is 244 g/mol. The molecule has 0 aliphatic heterocycles. The molecular weight excluding hydrogens is 232 g/mol. The lowest BCUT2D eigenvalue weighted by molar-refractivity contribution is -0.147. The van der Waals surface area contributed by atoms with Gasteiger partial charge in [0.1, 0.15) is 0 Å². The highest BCUT2D eigenvalue weighted by molar-refractivity contribution is 8.01. The summed E-state index contributed by atoms with van der Waals surface area (Å²) in [6.45, 7) is 0. The van der Waals surface area contributed by atoms with Crippen molar-refractivity contribution < 1.29 is 15.0 Å². The zero-order valence-electron chi connectivity index (χ0n) is 8.43. The second-order valence-electron chi connectivity index (χ2n) is 2.82. The van der Waals surface area contributed by atoms with Gasteiger partial charge in [0.2, 0.25) is 0 Å². The van der Waals surface area contributed by atoms with Gasteiger partial charge < -0.3 is 10.2 Å². The van der Waals surface area contributed by atoms with E-state index in [1.807, 2.05) is 18.6 Å². The van der Waals surface area contributed by atoms with E-state index in [-0.39, 0.29) is 0 Å². The average molecular weight is 244 g/mol. The molecular formula is C10H12O3S2. The Kier molecular flexibility index (Phi) is 4.50. The lowest BCUT2D eigenvalue weighted by Gasteiger charge is -2.13. The van der Waals surface area contributed by atoms with Crippen molar-refractivity contribution >= 4 is 29.5 Å². The predicted octanol–water partition coefficient (Wildman–Crippen LogP) is 2.25. The molecule has 0 amide bonds. The summed E-state index contributed by atoms with van der Waals surface area (Å²) in [6, 6.07) is 5.31. The van der Waals surface area contributed by atoms with Gasteiger partial charge in [-0.05, 0) is 18.6 Å². The van der Waals surface area contributed by atoms with Gasteiger partial charge in [-0.1, -0.05) is 12.1 Å². The summed E-state index contributed by atoms with van der Waals surface area (Å²) in [4.78, 5) is 12.5. The fraction of sp³-hybridized carbons (Fsp3) is 0.300. The van der Waals surface area contributed by atoms with Crippen molar-refractivity contribution in [2.45, 2.75) is 15.9 Å². The molecule has 5 heteroatoms. The first-order valence-electron chi connectivity index (χ1n) is 4.23. The summed E-state index contributed by atoms with van der Waals surface area (Å²) in [5.74, 6) is -1.22. The number of carbonyl (C=O) groups is 1. The number of aliphatic carboxylic acids is 1. The van der Waals surface area contributed by atoms with E-state index >= 15 is 0 Å². The largest absolute Gasteiger partial charge is 0.479 e. The summed E-state index contributed by atoms with van der Waals surface area (Å²) < 4.78 is 0. The van der Waals surface area contributed by atoms with Crippen LogP contribution in [0.5, 0.6) is 0 Å². The lowest BCUT2D eigenvalue weighted by Crippen LogP contribution is -2.11. The number of rotatable bonds is 4. The summed E-state index contributed by atoms with van der Waals surface area (Å²) in [5.41, 5.74) is 0.460. The van der Waals surface area contributed by atoms with E-state index in [4.69, 9.17) is 5.11 Å². The van der Waals surface area contributed by atoms with E-state index < -0.39 is 12.1 Å². The van der Waals surface area contributed by atoms with Crippen LogP contribution in [0.2, 0.25) is 0 Å². The van der Waals surface area contributed by atoms with Gasteiger partial charge in [-0.15, -0.1) is 23.5 Å². The first kappa shape index (κ1) is 12.4. The molecule has 3 nitrogen and oxygen atoms in total. The molecule has 0 spiro atoms. The van der Waals surface area contributed by atoms with Crippen molar-refractivity contribution in [3.63, 3.8) is 0 Å². The SMILES string of the molecule is CSc1cccc(C(O)C(=O)O)c1SC. The van der Waals surface area contributed by atoms with Crippen LogP contribution in [0.1, 0.15) is 11.7 Å². The van der Waals surface area contributed by atoms with Crippen LogP contribution in [0, 0.1) is 0 Å². The Morgan fingerprint density at radius 2 is 2.00 bits per heavy atom. The molecule has 0 saturated carbocycles. The fourth-order valence-corrected chi connectivity index (χ4v) is 2.96. The van der Waals surface area contributed by atoms with Crippen molar-refractivity contribution in [2.75, 3.05) is 12.5 Å². The van der Waals surface area contributed by atoms with E-state index in [9.17, 15) is 9.90 Å². The lowest BCUT2D eigenvalue weighted by atomic mass is 10.1. The van der Waals surface area contributed by atoms with Crippen molar-refractivity contribution in [2.24, 2.45) is 0 Å². The topological polar surface area (TPSA) is 57.5 Å². The second-order valence-corrected chi connectivity index (χ2v) is 4.49. The van der Waals surface area contributed by atoms with Crippen molar-refractivity contribution in [3.8, 4) is 0 Å². The Balaban J connectivity index is 3.22. The Hall–Kier alpha value is -0.650. The highest BCUT2D eigenvalue weighted by atomic mass is 32.2. The normalized spacial score (nSPS) is 12.5. The van der Waals surface area contributed by atoms with Gasteiger partial charge >= 0.3 is 5.97 Å². The molecule has 1 aromatic carbocycles. The minimum atomic E-state index is -1.44. The maximum absolute atomic E-state index is 10.7. The molecule has 1 unspecified atom stereocenters. The van der Waals surface area contributed by atoms with Gasteiger partial charge in [-0.3, -0.25) is 0 Å². The van der Waals surface area contributed by atoms with Gasteiger partial charge in [-0.2, -0.15) is 0 Å². The second kappa shape index (κ2) is 5.44. The number of hydrogen-bond donors (Lipinski definition) is 2. The van der Waals surface area contributed by atoms with Crippen LogP contribution < -0.4 is 0 Å². The molecule has 0 saturated heterocycles. The van der Waals surface area contributed by atoms with Crippen LogP contribution in [-0.4, -0.2) is 28.7 Å². The number of hydrogen-bond acceptors (Lipinski definition) is 4. The smallest absolute Gasteiger partial charge is 0.337 e. The quantitative estimate of drug-likeness (QED) is 0.796. The maximum atomic E-state index is 10.7. The van der Waals surface area contributed by atoms with Crippen LogP contribution in [-0.2, 0) is 4.79 Å². The summed E-state index contributed by atoms with van der Waals surface area (Å²) in [6.07, 6.45) is 2.35. The van der Waals surface area contributed by atoms with Gasteiger partial charge in [0.15, 0.2) is 6.10 Å². The molecule has 1 aromatic rings. The molecule has 0 aliphatic carbocycles. The van der Waals surface area contributed by atoms with Crippen LogP contribution in [0.4, 0.5) is 0 Å². The molecule has 0 aliphatic rings. The average Bonchev–Trinajstić information content (AvgIpc) is 2.26. The Morgan fingerprint density at radius 1 is 1.33 bits per heavy atom. The van der Waals surface area contributed by atoms with Crippen LogP contribution in [0.25, 0.3) is 0 Å². The minimum absolute atomic E-state index is 0.460. The standard InChI is InChI=1S/C10H12O3S2/c1-14-7-5-3-4-6(9(7)15-2)8(11)10(12)13/h3-5,8,11H,1-2H3,(H,12,13). The molecule has 15 heavy (non-hydrogen) atoms. The molecule has 0 bridgehead atoms. The molecule has 0 radical (unpaired) electrons. The number of carboxylic acids is 1. The third kappa shape index (κ3) is 2.68. The minimum Gasteiger partial charge on any atom is -0.479 e. The first-order chi connectivity index (χ1) is 7.11. The number of aliphatic hydroxyl groups excluding tert-OH is 1. The first-order valence-corrected chi connectivity index (χ1v) is 6.68. The van der Waals surface area contributed by atoms with Crippen LogP contribution >= 0.6 is 23.5 Å². The zero-order valence-corrected chi connectivity index (χ0v) is 10.1. The van der Waals surface area contributed by atoms with Crippen molar-refractivity contribution in [1.29, 1.82) is 0 Å². The molecule has 82 valence electrons. The van der Waals surface area contributed by atoms with Crippen LogP contribution in [0.3, 0.4) is 0 Å². The Labute approximate surface area is 96.9 Å². The van der Waals surface area contributed by atoms with E-state index in [0.29, 0.717) is 5.56 Å². The summed E-state index contributed by atoms with van der Waals surface area (Å²) in [5, 5.41) is 18.3. The molecule has 1 atom stereocenters. The Bertz CT molecular complexity index is 366. The van der Waals surface area contributed by atoms with E-state index in [2.05, 4.69) is 0 Å². The molecule has 0 fully saturated rings. The summed E-state index contributed by atoms with van der Waals surface area (Å²) in [7, 11) is 0. The van der Waals surface area contributed by atoms with Gasteiger partial charge in [0.25, 0.3) is 0 Å². The van der Waals surface area contributed by atoms with E-state index in [1.54, 1.807) is 12.1 Å². The highest BCUT2D eigenvalue weighted by Crippen LogP contribution is 2.34. The summed E-state index contributed by atoms with van der Waals surface area (Å²) >= 11 is 2.99. The third-order valence-electron chi connectivity index (χ3n) is 1.96. The fourth-order valence-electron chi connectivity index (χ4n) is 1.26. The zero-order chi connectivity index (χ0) is 11.4. The Morgan fingerprint density at radius 3 is 2.47 bits per heavy atom.